The van der Waals surface area contributed by atoms with Crippen LogP contribution in [0.3, 0.4) is 0 Å². The summed E-state index contributed by atoms with van der Waals surface area (Å²) in [6.07, 6.45) is 8.00. The second-order valence-corrected chi connectivity index (χ2v) is 7.89. The highest BCUT2D eigenvalue weighted by Crippen LogP contribution is 2.34. The molecule has 0 aromatic carbocycles. The molecular weight excluding hydrogens is 342 g/mol. The highest BCUT2D eigenvalue weighted by molar-refractivity contribution is 5.51. The van der Waals surface area contributed by atoms with E-state index in [0.29, 0.717) is 5.92 Å². The molecule has 0 unspecified atom stereocenters. The Hall–Kier alpha value is -2.22. The zero-order valence-electron chi connectivity index (χ0n) is 16.4. The van der Waals surface area contributed by atoms with Gasteiger partial charge in [-0.15, -0.1) is 10.2 Å². The van der Waals surface area contributed by atoms with Gasteiger partial charge in [0.1, 0.15) is 24.3 Å². The number of hydrogen-bond donors (Lipinski definition) is 1. The summed E-state index contributed by atoms with van der Waals surface area (Å²) in [4.78, 5) is 11.3. The second kappa shape index (κ2) is 7.80. The lowest BCUT2D eigenvalue weighted by Crippen LogP contribution is -2.43. The SMILES string of the molecule is CC(C)[C@@H]1OCCC[C@H]1Nc1cc(N2CCC[C@@H]2c2nncn2C)ncn1. The smallest absolute Gasteiger partial charge is 0.155 e. The van der Waals surface area contributed by atoms with E-state index in [-0.39, 0.29) is 18.2 Å². The van der Waals surface area contributed by atoms with E-state index in [1.54, 1.807) is 12.7 Å². The topological polar surface area (TPSA) is 81.0 Å². The predicted octanol–water partition coefficient (Wildman–Crippen LogP) is 2.56. The van der Waals surface area contributed by atoms with Gasteiger partial charge in [-0.3, -0.25) is 0 Å². The molecule has 2 aromatic rings. The molecule has 0 saturated carbocycles. The molecule has 0 spiro atoms. The fourth-order valence-corrected chi connectivity index (χ4v) is 4.29. The number of ether oxygens (including phenoxy) is 1. The quantitative estimate of drug-likeness (QED) is 0.865. The van der Waals surface area contributed by atoms with Crippen molar-refractivity contribution in [1.82, 2.24) is 24.7 Å². The van der Waals surface area contributed by atoms with Crippen molar-refractivity contribution in [2.45, 2.75) is 57.7 Å². The monoisotopic (exact) mass is 371 g/mol. The zero-order valence-corrected chi connectivity index (χ0v) is 16.4. The molecule has 2 aromatic heterocycles. The summed E-state index contributed by atoms with van der Waals surface area (Å²) < 4.78 is 8.00. The largest absolute Gasteiger partial charge is 0.376 e. The van der Waals surface area contributed by atoms with Crippen LogP contribution in [0.4, 0.5) is 11.6 Å². The van der Waals surface area contributed by atoms with Crippen LogP contribution >= 0.6 is 0 Å². The number of hydrogen-bond acceptors (Lipinski definition) is 7. The van der Waals surface area contributed by atoms with Crippen LogP contribution in [0.1, 0.15) is 51.4 Å². The Bertz CT molecular complexity index is 762. The fraction of sp³-hybridized carbons (Fsp3) is 0.684. The molecule has 8 heteroatoms. The van der Waals surface area contributed by atoms with E-state index in [2.05, 4.69) is 50.3 Å². The van der Waals surface area contributed by atoms with Crippen molar-refractivity contribution in [2.75, 3.05) is 23.4 Å². The van der Waals surface area contributed by atoms with E-state index in [1.165, 1.54) is 0 Å². The van der Waals surface area contributed by atoms with Gasteiger partial charge in [-0.05, 0) is 31.6 Å². The van der Waals surface area contributed by atoms with Gasteiger partial charge in [-0.25, -0.2) is 9.97 Å². The van der Waals surface area contributed by atoms with Gasteiger partial charge in [-0.2, -0.15) is 0 Å². The summed E-state index contributed by atoms with van der Waals surface area (Å²) in [7, 11) is 1.99. The van der Waals surface area contributed by atoms with E-state index in [9.17, 15) is 0 Å². The molecule has 2 fully saturated rings. The minimum absolute atomic E-state index is 0.210. The standard InChI is InChI=1S/C19H29N7O/c1-13(2)18-14(6-5-9-27-18)23-16-10-17(21-11-20-16)26-8-4-7-15(26)19-24-22-12-25(19)3/h10-15,18H,4-9H2,1-3H3,(H,20,21,23)/t14-,15-,18+/m1/s1. The average molecular weight is 371 g/mol. The number of rotatable bonds is 5. The minimum atomic E-state index is 0.210. The predicted molar refractivity (Wildman–Crippen MR) is 104 cm³/mol. The Kier molecular flexibility index (Phi) is 5.24. The first-order chi connectivity index (χ1) is 13.1. The van der Waals surface area contributed by atoms with Crippen LogP contribution in [0.15, 0.2) is 18.7 Å². The Morgan fingerprint density at radius 2 is 2.11 bits per heavy atom. The molecule has 2 saturated heterocycles. The molecular formula is C19H29N7O. The van der Waals surface area contributed by atoms with Crippen LogP contribution in [0.5, 0.6) is 0 Å². The number of aryl methyl sites for hydroxylation is 1. The van der Waals surface area contributed by atoms with Crippen LogP contribution < -0.4 is 10.2 Å². The van der Waals surface area contributed by atoms with Gasteiger partial charge in [0.05, 0.1) is 18.2 Å². The molecule has 4 rings (SSSR count). The maximum Gasteiger partial charge on any atom is 0.155 e. The average Bonchev–Trinajstić information content (AvgIpc) is 3.30. The number of anilines is 2. The van der Waals surface area contributed by atoms with Crippen molar-refractivity contribution in [3.63, 3.8) is 0 Å². The Labute approximate surface area is 160 Å². The number of aromatic nitrogens is 5. The molecule has 4 heterocycles. The number of nitrogens with zero attached hydrogens (tertiary/aromatic N) is 6. The number of nitrogens with one attached hydrogen (secondary N) is 1. The molecule has 3 atom stereocenters. The van der Waals surface area contributed by atoms with Gasteiger partial charge in [-0.1, -0.05) is 13.8 Å². The third-order valence-electron chi connectivity index (χ3n) is 5.60. The van der Waals surface area contributed by atoms with Crippen molar-refractivity contribution in [1.29, 1.82) is 0 Å². The highest BCUT2D eigenvalue weighted by Gasteiger charge is 2.32. The lowest BCUT2D eigenvalue weighted by Gasteiger charge is -2.35. The van der Waals surface area contributed by atoms with Gasteiger partial charge in [0.15, 0.2) is 5.82 Å². The molecule has 27 heavy (non-hydrogen) atoms. The van der Waals surface area contributed by atoms with Gasteiger partial charge in [0, 0.05) is 26.3 Å². The highest BCUT2D eigenvalue weighted by atomic mass is 16.5. The van der Waals surface area contributed by atoms with Crippen molar-refractivity contribution < 1.29 is 4.74 Å². The van der Waals surface area contributed by atoms with Gasteiger partial charge < -0.3 is 19.5 Å². The molecule has 0 bridgehead atoms. The summed E-state index contributed by atoms with van der Waals surface area (Å²) >= 11 is 0. The second-order valence-electron chi connectivity index (χ2n) is 7.89. The zero-order chi connectivity index (χ0) is 18.8. The maximum absolute atomic E-state index is 6.00. The van der Waals surface area contributed by atoms with E-state index in [4.69, 9.17) is 4.74 Å². The molecule has 146 valence electrons. The van der Waals surface area contributed by atoms with Crippen LogP contribution in [0.2, 0.25) is 0 Å². The molecule has 2 aliphatic heterocycles. The normalized spacial score (nSPS) is 25.9. The lowest BCUT2D eigenvalue weighted by atomic mass is 9.94. The molecule has 1 N–H and O–H groups in total. The van der Waals surface area contributed by atoms with Crippen molar-refractivity contribution >= 4 is 11.6 Å². The Morgan fingerprint density at radius 1 is 1.22 bits per heavy atom. The van der Waals surface area contributed by atoms with E-state index in [0.717, 1.165) is 56.3 Å². The summed E-state index contributed by atoms with van der Waals surface area (Å²) in [5, 5.41) is 12.0. The Morgan fingerprint density at radius 3 is 2.89 bits per heavy atom. The summed E-state index contributed by atoms with van der Waals surface area (Å²) in [5.41, 5.74) is 0. The van der Waals surface area contributed by atoms with E-state index < -0.39 is 0 Å². The lowest BCUT2D eigenvalue weighted by molar-refractivity contribution is -0.0203. The molecule has 0 amide bonds. The van der Waals surface area contributed by atoms with Crippen LogP contribution in [0, 0.1) is 5.92 Å². The third-order valence-corrected chi connectivity index (χ3v) is 5.60. The van der Waals surface area contributed by atoms with Gasteiger partial charge >= 0.3 is 0 Å². The first-order valence-electron chi connectivity index (χ1n) is 9.94. The first kappa shape index (κ1) is 18.2. The Balaban J connectivity index is 1.53. The van der Waals surface area contributed by atoms with Crippen molar-refractivity contribution in [2.24, 2.45) is 13.0 Å². The summed E-state index contributed by atoms with van der Waals surface area (Å²) in [6, 6.07) is 2.55. The van der Waals surface area contributed by atoms with Gasteiger partial charge in [0.2, 0.25) is 0 Å². The van der Waals surface area contributed by atoms with Crippen LogP contribution in [-0.2, 0) is 11.8 Å². The van der Waals surface area contributed by atoms with Crippen molar-refractivity contribution in [3.8, 4) is 0 Å². The third kappa shape index (κ3) is 3.76. The summed E-state index contributed by atoms with van der Waals surface area (Å²) in [5.74, 6) is 3.27. The van der Waals surface area contributed by atoms with E-state index >= 15 is 0 Å². The molecule has 0 aliphatic carbocycles. The van der Waals surface area contributed by atoms with Crippen molar-refractivity contribution in [3.05, 3.63) is 24.5 Å². The van der Waals surface area contributed by atoms with Crippen LogP contribution in [0.25, 0.3) is 0 Å². The van der Waals surface area contributed by atoms with Gasteiger partial charge in [0.25, 0.3) is 0 Å². The molecule has 0 radical (unpaired) electrons. The van der Waals surface area contributed by atoms with E-state index in [1.807, 2.05) is 11.6 Å². The molecule has 8 nitrogen and oxygen atoms in total. The summed E-state index contributed by atoms with van der Waals surface area (Å²) in [6.45, 7) is 6.25. The molecule has 2 aliphatic rings. The fourth-order valence-electron chi connectivity index (χ4n) is 4.29. The minimum Gasteiger partial charge on any atom is -0.376 e. The first-order valence-corrected chi connectivity index (χ1v) is 9.94. The maximum atomic E-state index is 6.00. The van der Waals surface area contributed by atoms with Crippen LogP contribution in [-0.4, -0.2) is 50.0 Å².